The number of aromatic nitrogens is 2. The lowest BCUT2D eigenvalue weighted by Gasteiger charge is -2.09. The minimum atomic E-state index is -1.14. The number of aromatic amines is 1. The molecule has 1 amide bonds. The van der Waals surface area contributed by atoms with E-state index in [0.29, 0.717) is 18.0 Å². The highest BCUT2D eigenvalue weighted by atomic mass is 16.4. The second-order valence-electron chi connectivity index (χ2n) is 5.22. The molecule has 2 aromatic rings. The number of nitrogens with one attached hydrogen (secondary N) is 2. The molecule has 7 heteroatoms. The highest BCUT2D eigenvalue weighted by molar-refractivity contribution is 6.01. The van der Waals surface area contributed by atoms with Gasteiger partial charge >= 0.3 is 11.7 Å². The molecular weight excluding hydrogens is 274 g/mol. The third-order valence-electron chi connectivity index (χ3n) is 3.03. The number of imidazole rings is 1. The maximum Gasteiger partial charge on any atom is 0.337 e. The molecule has 0 unspecified atom stereocenters. The number of nitrogens with zero attached hydrogens (tertiary/aromatic N) is 1. The Kier molecular flexibility index (Phi) is 4.11. The number of aromatic carboxylic acids is 1. The third kappa shape index (κ3) is 3.13. The summed E-state index contributed by atoms with van der Waals surface area (Å²) < 4.78 is 1.15. The van der Waals surface area contributed by atoms with Crippen molar-refractivity contribution in [1.82, 2.24) is 14.9 Å². The van der Waals surface area contributed by atoms with Gasteiger partial charge in [0.1, 0.15) is 6.54 Å². The number of hydrogen-bond donors (Lipinski definition) is 3. The molecule has 112 valence electrons. The molecule has 0 saturated heterocycles. The Bertz CT molecular complexity index is 742. The molecule has 21 heavy (non-hydrogen) atoms. The topological polar surface area (TPSA) is 104 Å². The number of para-hydroxylation sites is 1. The summed E-state index contributed by atoms with van der Waals surface area (Å²) in [6, 6.07) is 4.55. The maximum atomic E-state index is 11.9. The van der Waals surface area contributed by atoms with Gasteiger partial charge in [-0.2, -0.15) is 0 Å². The molecule has 3 N–H and O–H groups in total. The van der Waals surface area contributed by atoms with E-state index in [4.69, 9.17) is 0 Å². The van der Waals surface area contributed by atoms with Crippen molar-refractivity contribution in [2.24, 2.45) is 5.92 Å². The molecule has 0 saturated carbocycles. The van der Waals surface area contributed by atoms with Crippen LogP contribution >= 0.6 is 0 Å². The molecule has 0 aliphatic carbocycles. The summed E-state index contributed by atoms with van der Waals surface area (Å²) in [5, 5.41) is 11.9. The van der Waals surface area contributed by atoms with E-state index in [1.165, 1.54) is 6.07 Å². The Morgan fingerprint density at radius 2 is 2.10 bits per heavy atom. The Morgan fingerprint density at radius 1 is 1.38 bits per heavy atom. The van der Waals surface area contributed by atoms with Crippen LogP contribution in [-0.4, -0.2) is 33.1 Å². The van der Waals surface area contributed by atoms with Crippen molar-refractivity contribution in [3.63, 3.8) is 0 Å². The van der Waals surface area contributed by atoms with Crippen molar-refractivity contribution in [2.45, 2.75) is 20.4 Å². The zero-order valence-corrected chi connectivity index (χ0v) is 11.8. The summed E-state index contributed by atoms with van der Waals surface area (Å²) in [5.41, 5.74) is 0.118. The monoisotopic (exact) mass is 291 g/mol. The van der Waals surface area contributed by atoms with E-state index in [2.05, 4.69) is 10.3 Å². The summed E-state index contributed by atoms with van der Waals surface area (Å²) in [4.78, 5) is 37.6. The molecular formula is C14H17N3O4. The number of benzene rings is 1. The van der Waals surface area contributed by atoms with Crippen LogP contribution in [0, 0.1) is 5.92 Å². The first-order valence-electron chi connectivity index (χ1n) is 6.61. The number of H-pyrrole nitrogens is 1. The zero-order chi connectivity index (χ0) is 15.6. The average Bonchev–Trinajstić information content (AvgIpc) is 2.72. The van der Waals surface area contributed by atoms with Crippen LogP contribution < -0.4 is 11.0 Å². The Labute approximate surface area is 120 Å². The summed E-state index contributed by atoms with van der Waals surface area (Å²) in [7, 11) is 0. The Balaban J connectivity index is 2.39. The SMILES string of the molecule is CC(C)CNC(=O)Cn1c(=O)[nH]c2cccc(C(=O)O)c21. The van der Waals surface area contributed by atoms with Crippen LogP contribution in [0.15, 0.2) is 23.0 Å². The van der Waals surface area contributed by atoms with Crippen LogP contribution in [0.3, 0.4) is 0 Å². The van der Waals surface area contributed by atoms with Crippen LogP contribution in [0.4, 0.5) is 0 Å². The first-order valence-corrected chi connectivity index (χ1v) is 6.61. The molecule has 0 atom stereocenters. The standard InChI is InChI=1S/C14H17N3O4/c1-8(2)6-15-11(18)7-17-12-9(13(19)20)4-3-5-10(12)16-14(17)21/h3-5,8H,6-7H2,1-2H3,(H,15,18)(H,16,21)(H,19,20). The Hall–Kier alpha value is -2.57. The molecule has 0 radical (unpaired) electrons. The number of amides is 1. The van der Waals surface area contributed by atoms with Gasteiger partial charge < -0.3 is 15.4 Å². The van der Waals surface area contributed by atoms with E-state index >= 15 is 0 Å². The third-order valence-corrected chi connectivity index (χ3v) is 3.03. The predicted molar refractivity (Wildman–Crippen MR) is 77.4 cm³/mol. The van der Waals surface area contributed by atoms with Crippen molar-refractivity contribution in [1.29, 1.82) is 0 Å². The number of carbonyl (C=O) groups is 2. The molecule has 0 aliphatic rings. The van der Waals surface area contributed by atoms with Crippen LogP contribution in [0.1, 0.15) is 24.2 Å². The summed E-state index contributed by atoms with van der Waals surface area (Å²) in [6.45, 7) is 4.21. The number of hydrogen-bond acceptors (Lipinski definition) is 3. The van der Waals surface area contributed by atoms with Gasteiger partial charge in [0.25, 0.3) is 0 Å². The Morgan fingerprint density at radius 3 is 2.71 bits per heavy atom. The first-order chi connectivity index (χ1) is 9.90. The molecule has 0 fully saturated rings. The van der Waals surface area contributed by atoms with E-state index in [1.54, 1.807) is 12.1 Å². The molecule has 1 aromatic carbocycles. The molecule has 2 rings (SSSR count). The van der Waals surface area contributed by atoms with Gasteiger partial charge in [-0.3, -0.25) is 9.36 Å². The van der Waals surface area contributed by atoms with Crippen molar-refractivity contribution in [3.05, 3.63) is 34.2 Å². The van der Waals surface area contributed by atoms with Crippen LogP contribution in [0.25, 0.3) is 11.0 Å². The number of carboxylic acid groups (broad SMARTS) is 1. The molecule has 0 aliphatic heterocycles. The van der Waals surface area contributed by atoms with E-state index in [-0.39, 0.29) is 23.5 Å². The molecule has 1 heterocycles. The lowest BCUT2D eigenvalue weighted by atomic mass is 10.2. The lowest BCUT2D eigenvalue weighted by Crippen LogP contribution is -2.33. The quantitative estimate of drug-likeness (QED) is 0.757. The highest BCUT2D eigenvalue weighted by Crippen LogP contribution is 2.15. The van der Waals surface area contributed by atoms with Gasteiger partial charge in [0.15, 0.2) is 0 Å². The summed E-state index contributed by atoms with van der Waals surface area (Å²) in [6.07, 6.45) is 0. The fourth-order valence-electron chi connectivity index (χ4n) is 2.06. The highest BCUT2D eigenvalue weighted by Gasteiger charge is 2.17. The lowest BCUT2D eigenvalue weighted by molar-refractivity contribution is -0.121. The molecule has 0 bridgehead atoms. The van der Waals surface area contributed by atoms with Crippen molar-refractivity contribution >= 4 is 22.9 Å². The van der Waals surface area contributed by atoms with Gasteiger partial charge in [0.05, 0.1) is 16.6 Å². The maximum absolute atomic E-state index is 11.9. The van der Waals surface area contributed by atoms with Crippen LogP contribution in [0.2, 0.25) is 0 Å². The van der Waals surface area contributed by atoms with E-state index in [1.807, 2.05) is 13.8 Å². The minimum Gasteiger partial charge on any atom is -0.478 e. The molecule has 0 spiro atoms. The normalized spacial score (nSPS) is 11.0. The number of carbonyl (C=O) groups excluding carboxylic acids is 1. The fraction of sp³-hybridized carbons (Fsp3) is 0.357. The van der Waals surface area contributed by atoms with Gasteiger partial charge in [-0.05, 0) is 18.1 Å². The second kappa shape index (κ2) is 5.82. The van der Waals surface area contributed by atoms with Gasteiger partial charge in [-0.1, -0.05) is 19.9 Å². The number of carboxylic acids is 1. The smallest absolute Gasteiger partial charge is 0.337 e. The average molecular weight is 291 g/mol. The second-order valence-corrected chi connectivity index (χ2v) is 5.22. The van der Waals surface area contributed by atoms with E-state index in [9.17, 15) is 19.5 Å². The van der Waals surface area contributed by atoms with Gasteiger partial charge in [0, 0.05) is 6.54 Å². The summed E-state index contributed by atoms with van der Waals surface area (Å²) >= 11 is 0. The largest absolute Gasteiger partial charge is 0.478 e. The van der Waals surface area contributed by atoms with Gasteiger partial charge in [0.2, 0.25) is 5.91 Å². The first kappa shape index (κ1) is 14.8. The van der Waals surface area contributed by atoms with E-state index < -0.39 is 11.7 Å². The van der Waals surface area contributed by atoms with Gasteiger partial charge in [-0.25, -0.2) is 9.59 Å². The van der Waals surface area contributed by atoms with Crippen molar-refractivity contribution < 1.29 is 14.7 Å². The van der Waals surface area contributed by atoms with Crippen molar-refractivity contribution in [3.8, 4) is 0 Å². The van der Waals surface area contributed by atoms with Crippen molar-refractivity contribution in [2.75, 3.05) is 6.54 Å². The van der Waals surface area contributed by atoms with Crippen LogP contribution in [0.5, 0.6) is 0 Å². The van der Waals surface area contributed by atoms with Gasteiger partial charge in [-0.15, -0.1) is 0 Å². The molecule has 1 aromatic heterocycles. The summed E-state index contributed by atoms with van der Waals surface area (Å²) in [5.74, 6) is -1.17. The zero-order valence-electron chi connectivity index (χ0n) is 11.8. The number of fused-ring (bicyclic) bond motifs is 1. The minimum absolute atomic E-state index is 0.0116. The van der Waals surface area contributed by atoms with Crippen LogP contribution in [-0.2, 0) is 11.3 Å². The fourth-order valence-corrected chi connectivity index (χ4v) is 2.06. The molecule has 7 nitrogen and oxygen atoms in total. The van der Waals surface area contributed by atoms with E-state index in [0.717, 1.165) is 4.57 Å². The number of rotatable bonds is 5. The predicted octanol–water partition coefficient (Wildman–Crippen LogP) is 0.800.